The van der Waals surface area contributed by atoms with Gasteiger partial charge in [-0.05, 0) is 37.5 Å². The Morgan fingerprint density at radius 1 is 1.11 bits per heavy atom. The highest BCUT2D eigenvalue weighted by atomic mass is 16.4. The van der Waals surface area contributed by atoms with Gasteiger partial charge in [0.05, 0.1) is 0 Å². The van der Waals surface area contributed by atoms with Gasteiger partial charge in [0.15, 0.2) is 0 Å². The van der Waals surface area contributed by atoms with Crippen molar-refractivity contribution >= 4 is 17.8 Å². The number of hydrogen-bond acceptors (Lipinski definition) is 3. The number of carboxylic acid groups (broad SMARTS) is 2. The van der Waals surface area contributed by atoms with Crippen LogP contribution in [0.1, 0.15) is 32.1 Å². The van der Waals surface area contributed by atoms with Gasteiger partial charge in [-0.3, -0.25) is 9.59 Å². The van der Waals surface area contributed by atoms with E-state index in [-0.39, 0.29) is 24.7 Å². The minimum Gasteiger partial charge on any atom is -0.481 e. The predicted molar refractivity (Wildman–Crippen MR) is 60.8 cm³/mol. The van der Waals surface area contributed by atoms with Crippen molar-refractivity contribution in [1.29, 1.82) is 0 Å². The molecule has 6 nitrogen and oxygen atoms in total. The smallest absolute Gasteiger partial charge is 0.326 e. The van der Waals surface area contributed by atoms with Crippen LogP contribution in [-0.2, 0) is 14.4 Å². The van der Waals surface area contributed by atoms with Gasteiger partial charge in [-0.2, -0.15) is 0 Å². The second-order valence-corrected chi connectivity index (χ2v) is 5.26. The van der Waals surface area contributed by atoms with E-state index in [4.69, 9.17) is 10.2 Å². The van der Waals surface area contributed by atoms with Gasteiger partial charge in [-0.1, -0.05) is 0 Å². The molecule has 2 fully saturated rings. The summed E-state index contributed by atoms with van der Waals surface area (Å²) in [6, 6.07) is -1.09. The third kappa shape index (κ3) is 3.00. The highest BCUT2D eigenvalue weighted by molar-refractivity contribution is 5.85. The molecule has 0 aromatic carbocycles. The zero-order chi connectivity index (χ0) is 13.3. The normalized spacial score (nSPS) is 30.3. The van der Waals surface area contributed by atoms with Crippen molar-refractivity contribution in [2.75, 3.05) is 0 Å². The third-order valence-corrected chi connectivity index (χ3v) is 3.88. The van der Waals surface area contributed by atoms with Crippen molar-refractivity contribution in [3.63, 3.8) is 0 Å². The summed E-state index contributed by atoms with van der Waals surface area (Å²) >= 11 is 0. The van der Waals surface area contributed by atoms with Gasteiger partial charge in [-0.25, -0.2) is 4.79 Å². The largest absolute Gasteiger partial charge is 0.481 e. The maximum atomic E-state index is 11.8. The first-order chi connectivity index (χ1) is 8.47. The topological polar surface area (TPSA) is 104 Å². The van der Waals surface area contributed by atoms with E-state index in [1.54, 1.807) is 0 Å². The molecule has 0 saturated heterocycles. The summed E-state index contributed by atoms with van der Waals surface area (Å²) in [5, 5.41) is 19.9. The van der Waals surface area contributed by atoms with E-state index in [1.165, 1.54) is 6.42 Å². The Morgan fingerprint density at radius 3 is 2.22 bits per heavy atom. The molecule has 0 bridgehead atoms. The maximum absolute atomic E-state index is 11.8. The maximum Gasteiger partial charge on any atom is 0.326 e. The van der Waals surface area contributed by atoms with E-state index in [0.717, 1.165) is 12.8 Å². The average molecular weight is 255 g/mol. The number of aliphatic carboxylic acids is 2. The minimum absolute atomic E-state index is 0.0734. The van der Waals surface area contributed by atoms with E-state index in [9.17, 15) is 14.4 Å². The molecule has 0 heterocycles. The van der Waals surface area contributed by atoms with Crippen LogP contribution in [0.3, 0.4) is 0 Å². The Labute approximate surface area is 104 Å². The fraction of sp³-hybridized carbons (Fsp3) is 0.750. The van der Waals surface area contributed by atoms with Crippen molar-refractivity contribution in [3.05, 3.63) is 0 Å². The van der Waals surface area contributed by atoms with Gasteiger partial charge in [0.2, 0.25) is 5.91 Å². The molecular formula is C12H17NO5. The minimum atomic E-state index is -1.17. The number of rotatable bonds is 6. The Morgan fingerprint density at radius 2 is 1.72 bits per heavy atom. The van der Waals surface area contributed by atoms with Gasteiger partial charge in [0.25, 0.3) is 0 Å². The van der Waals surface area contributed by atoms with Crippen LogP contribution in [0, 0.1) is 17.8 Å². The summed E-state index contributed by atoms with van der Waals surface area (Å²) in [5.41, 5.74) is 0. The van der Waals surface area contributed by atoms with Gasteiger partial charge in [0, 0.05) is 12.3 Å². The van der Waals surface area contributed by atoms with Crippen LogP contribution in [0.4, 0.5) is 0 Å². The van der Waals surface area contributed by atoms with E-state index in [1.807, 2.05) is 0 Å². The number of carbonyl (C=O) groups excluding carboxylic acids is 1. The van der Waals surface area contributed by atoms with Crippen LogP contribution < -0.4 is 5.32 Å². The van der Waals surface area contributed by atoms with Crippen LogP contribution in [0.15, 0.2) is 0 Å². The summed E-state index contributed by atoms with van der Waals surface area (Å²) in [5.74, 6) is -1.24. The zero-order valence-electron chi connectivity index (χ0n) is 9.96. The first kappa shape index (κ1) is 12.9. The van der Waals surface area contributed by atoms with Crippen LogP contribution in [0.5, 0.6) is 0 Å². The molecule has 1 amide bonds. The van der Waals surface area contributed by atoms with E-state index in [2.05, 4.69) is 5.32 Å². The summed E-state index contributed by atoms with van der Waals surface area (Å²) in [4.78, 5) is 33.2. The van der Waals surface area contributed by atoms with Crippen LogP contribution in [0.25, 0.3) is 0 Å². The molecule has 100 valence electrons. The van der Waals surface area contributed by atoms with Gasteiger partial charge >= 0.3 is 11.9 Å². The molecule has 0 radical (unpaired) electrons. The number of amides is 1. The summed E-state index contributed by atoms with van der Waals surface area (Å²) in [6.07, 6.45) is 2.57. The lowest BCUT2D eigenvalue weighted by molar-refractivity contribution is -0.143. The fourth-order valence-corrected chi connectivity index (χ4v) is 2.74. The Hall–Kier alpha value is -1.59. The zero-order valence-corrected chi connectivity index (χ0v) is 9.96. The Kier molecular flexibility index (Phi) is 3.54. The fourth-order valence-electron chi connectivity index (χ4n) is 2.74. The van der Waals surface area contributed by atoms with Crippen molar-refractivity contribution < 1.29 is 24.6 Å². The van der Waals surface area contributed by atoms with Crippen molar-refractivity contribution in [1.82, 2.24) is 5.32 Å². The first-order valence-corrected chi connectivity index (χ1v) is 6.22. The molecule has 2 aliphatic carbocycles. The highest BCUT2D eigenvalue weighted by Gasteiger charge is 2.48. The van der Waals surface area contributed by atoms with Crippen LogP contribution >= 0.6 is 0 Å². The summed E-state index contributed by atoms with van der Waals surface area (Å²) < 4.78 is 0. The quantitative estimate of drug-likeness (QED) is 0.640. The number of carbonyl (C=O) groups is 3. The molecular weight excluding hydrogens is 238 g/mol. The summed E-state index contributed by atoms with van der Waals surface area (Å²) in [7, 11) is 0. The van der Waals surface area contributed by atoms with Gasteiger partial charge < -0.3 is 15.5 Å². The molecule has 3 N–H and O–H groups in total. The number of fused-ring (bicyclic) bond motifs is 1. The first-order valence-electron chi connectivity index (χ1n) is 6.22. The van der Waals surface area contributed by atoms with Crippen molar-refractivity contribution in [3.8, 4) is 0 Å². The van der Waals surface area contributed by atoms with Crippen LogP contribution in [0.2, 0.25) is 0 Å². The molecule has 3 atom stereocenters. The molecule has 2 rings (SSSR count). The lowest BCUT2D eigenvalue weighted by Crippen LogP contribution is -2.43. The second-order valence-electron chi connectivity index (χ2n) is 5.26. The molecule has 18 heavy (non-hydrogen) atoms. The SMILES string of the molecule is O=C(O)CCC(NC(=O)C1CC2CC2C1)C(=O)O. The molecule has 6 heteroatoms. The molecule has 0 aromatic heterocycles. The molecule has 2 aliphatic rings. The monoisotopic (exact) mass is 255 g/mol. The Bertz CT molecular complexity index is 371. The van der Waals surface area contributed by atoms with E-state index in [0.29, 0.717) is 11.8 Å². The lowest BCUT2D eigenvalue weighted by Gasteiger charge is -2.17. The molecule has 0 aliphatic heterocycles. The average Bonchev–Trinajstić information content (AvgIpc) is 2.90. The Balaban J connectivity index is 1.81. The van der Waals surface area contributed by atoms with Crippen molar-refractivity contribution in [2.24, 2.45) is 17.8 Å². The predicted octanol–water partition coefficient (Wildman–Crippen LogP) is 0.467. The highest BCUT2D eigenvalue weighted by Crippen LogP contribution is 2.54. The van der Waals surface area contributed by atoms with E-state index < -0.39 is 18.0 Å². The number of carboxylic acids is 2. The summed E-state index contributed by atoms with van der Waals surface area (Å²) in [6.45, 7) is 0. The molecule has 0 spiro atoms. The molecule has 2 saturated carbocycles. The van der Waals surface area contributed by atoms with Crippen molar-refractivity contribution in [2.45, 2.75) is 38.1 Å². The molecule has 0 aromatic rings. The van der Waals surface area contributed by atoms with E-state index >= 15 is 0 Å². The number of nitrogens with one attached hydrogen (secondary N) is 1. The standard InChI is InChI=1S/C12H17NO5/c14-10(15)2-1-9(12(17)18)13-11(16)8-4-6-3-7(6)5-8/h6-9H,1-5H2,(H,13,16)(H,14,15)(H,17,18). The lowest BCUT2D eigenvalue weighted by atomic mass is 10.0. The van der Waals surface area contributed by atoms with Gasteiger partial charge in [-0.15, -0.1) is 0 Å². The van der Waals surface area contributed by atoms with Gasteiger partial charge in [0.1, 0.15) is 6.04 Å². The third-order valence-electron chi connectivity index (χ3n) is 3.88. The second kappa shape index (κ2) is 4.96. The number of hydrogen-bond donors (Lipinski definition) is 3. The van der Waals surface area contributed by atoms with Crippen LogP contribution in [-0.4, -0.2) is 34.1 Å². The molecule has 3 unspecified atom stereocenters.